The highest BCUT2D eigenvalue weighted by Gasteiger charge is 2.15. The second-order valence-corrected chi connectivity index (χ2v) is 4.22. The zero-order valence-corrected chi connectivity index (χ0v) is 8.96. The van der Waals surface area contributed by atoms with Crippen LogP contribution in [0.4, 0.5) is 5.82 Å². The van der Waals surface area contributed by atoms with Gasteiger partial charge in [-0.25, -0.2) is 9.97 Å². The Bertz CT molecular complexity index is 510. The van der Waals surface area contributed by atoms with Crippen LogP contribution in [0.25, 0.3) is 10.2 Å². The van der Waals surface area contributed by atoms with Crippen LogP contribution < -0.4 is 4.90 Å². The summed E-state index contributed by atoms with van der Waals surface area (Å²) < 4.78 is 14.0. The monoisotopic (exact) mass is 222 g/mol. The molecule has 0 bridgehead atoms. The summed E-state index contributed by atoms with van der Waals surface area (Å²) in [5.74, 6) is 0.941. The van der Waals surface area contributed by atoms with E-state index < -0.39 is 0 Å². The molecule has 1 aliphatic heterocycles. The third-order valence-electron chi connectivity index (χ3n) is 2.48. The van der Waals surface area contributed by atoms with Gasteiger partial charge >= 0.3 is 0 Å². The molecule has 0 spiro atoms. The molecule has 3 heterocycles. The van der Waals surface area contributed by atoms with Crippen molar-refractivity contribution in [3.05, 3.63) is 17.7 Å². The highest BCUT2D eigenvalue weighted by molar-refractivity contribution is 7.17. The van der Waals surface area contributed by atoms with Gasteiger partial charge in [0.1, 0.15) is 12.1 Å². The Morgan fingerprint density at radius 2 is 2.27 bits per heavy atom. The highest BCUT2D eigenvalue weighted by atomic mass is 32.1. The standard InChI is InChI=1S/C10H11N3OS/c1-6-15-9-8(1)11-7-12-10(9)13-2-4-14-5-3-13/h1,6-7H,2-5H2/i6D. The Morgan fingerprint density at radius 3 is 3.13 bits per heavy atom. The lowest BCUT2D eigenvalue weighted by molar-refractivity contribution is 0.122. The fraction of sp³-hybridized carbons (Fsp3) is 0.400. The molecule has 2 aromatic heterocycles. The number of nitrogens with zero attached hydrogens (tertiary/aromatic N) is 3. The van der Waals surface area contributed by atoms with Crippen molar-refractivity contribution in [2.75, 3.05) is 31.2 Å². The molecule has 0 aliphatic carbocycles. The molecule has 15 heavy (non-hydrogen) atoms. The maximum absolute atomic E-state index is 7.64. The third kappa shape index (κ3) is 1.57. The highest BCUT2D eigenvalue weighted by Crippen LogP contribution is 2.27. The summed E-state index contributed by atoms with van der Waals surface area (Å²) in [5.41, 5.74) is 0.867. The molecule has 5 heteroatoms. The topological polar surface area (TPSA) is 38.2 Å². The van der Waals surface area contributed by atoms with Crippen LogP contribution in [0.2, 0.25) is 0 Å². The number of morpholine rings is 1. The largest absolute Gasteiger partial charge is 0.378 e. The zero-order chi connectivity index (χ0) is 11.0. The second kappa shape index (κ2) is 3.75. The molecule has 0 aromatic carbocycles. The lowest BCUT2D eigenvalue weighted by Gasteiger charge is -2.27. The molecule has 1 aliphatic rings. The molecule has 2 aromatic rings. The first-order valence-electron chi connectivity index (χ1n) is 5.38. The van der Waals surface area contributed by atoms with Crippen molar-refractivity contribution in [1.29, 1.82) is 0 Å². The maximum Gasteiger partial charge on any atom is 0.150 e. The van der Waals surface area contributed by atoms with E-state index in [0.717, 1.165) is 42.3 Å². The number of aromatic nitrogens is 2. The quantitative estimate of drug-likeness (QED) is 0.733. The summed E-state index contributed by atoms with van der Waals surface area (Å²) in [7, 11) is 0. The van der Waals surface area contributed by atoms with Crippen molar-refractivity contribution in [2.24, 2.45) is 0 Å². The molecule has 4 nitrogen and oxygen atoms in total. The molecule has 0 N–H and O–H groups in total. The van der Waals surface area contributed by atoms with E-state index in [1.807, 2.05) is 0 Å². The molecule has 78 valence electrons. The smallest absolute Gasteiger partial charge is 0.150 e. The maximum atomic E-state index is 7.64. The molecule has 1 fully saturated rings. The Balaban J connectivity index is 2.07. The van der Waals surface area contributed by atoms with E-state index in [-0.39, 0.29) is 0 Å². The Kier molecular flexibility index (Phi) is 2.00. The van der Waals surface area contributed by atoms with Gasteiger partial charge in [0, 0.05) is 13.1 Å². The van der Waals surface area contributed by atoms with E-state index in [2.05, 4.69) is 14.9 Å². The summed E-state index contributed by atoms with van der Waals surface area (Å²) in [6, 6.07) is 1.78. The summed E-state index contributed by atoms with van der Waals surface area (Å²) in [6.07, 6.45) is 1.57. The predicted octanol–water partition coefficient (Wildman–Crippen LogP) is 1.53. The van der Waals surface area contributed by atoms with E-state index in [0.29, 0.717) is 5.36 Å². The molecule has 0 atom stereocenters. The van der Waals surface area contributed by atoms with Gasteiger partial charge in [-0.2, -0.15) is 0 Å². The molecule has 0 saturated carbocycles. The van der Waals surface area contributed by atoms with Crippen molar-refractivity contribution >= 4 is 27.4 Å². The van der Waals surface area contributed by atoms with Crippen molar-refractivity contribution < 1.29 is 6.11 Å². The van der Waals surface area contributed by atoms with Crippen LogP contribution in [0, 0.1) is 0 Å². The van der Waals surface area contributed by atoms with Crippen LogP contribution in [0.15, 0.2) is 17.7 Å². The minimum atomic E-state index is 0.532. The third-order valence-corrected chi connectivity index (χ3v) is 3.31. The lowest BCUT2D eigenvalue weighted by atomic mass is 10.3. The van der Waals surface area contributed by atoms with Gasteiger partial charge in [-0.1, -0.05) is 0 Å². The number of hydrogen-bond acceptors (Lipinski definition) is 5. The zero-order valence-electron chi connectivity index (χ0n) is 9.14. The number of hydrogen-bond donors (Lipinski definition) is 0. The average molecular weight is 222 g/mol. The van der Waals surface area contributed by atoms with Crippen LogP contribution >= 0.6 is 11.3 Å². The number of ether oxygens (including phenoxy) is 1. The average Bonchev–Trinajstić information content (AvgIpc) is 2.70. The van der Waals surface area contributed by atoms with Crippen LogP contribution in [-0.2, 0) is 4.74 Å². The molecule has 0 amide bonds. The Hall–Kier alpha value is -1.20. The fourth-order valence-corrected chi connectivity index (χ4v) is 2.50. The van der Waals surface area contributed by atoms with Crippen LogP contribution in [0.3, 0.4) is 0 Å². The first kappa shape index (κ1) is 8.01. The van der Waals surface area contributed by atoms with Crippen molar-refractivity contribution in [2.45, 2.75) is 0 Å². The van der Waals surface area contributed by atoms with E-state index in [9.17, 15) is 0 Å². The number of rotatable bonds is 1. The molecule has 1 saturated heterocycles. The molecule has 3 rings (SSSR count). The van der Waals surface area contributed by atoms with E-state index in [1.165, 1.54) is 11.3 Å². The minimum Gasteiger partial charge on any atom is -0.378 e. The lowest BCUT2D eigenvalue weighted by Crippen LogP contribution is -2.36. The summed E-state index contributed by atoms with van der Waals surface area (Å²) >= 11 is 1.43. The van der Waals surface area contributed by atoms with Gasteiger partial charge in [0.15, 0.2) is 0 Å². The van der Waals surface area contributed by atoms with E-state index >= 15 is 0 Å². The molecule has 0 radical (unpaired) electrons. The summed E-state index contributed by atoms with van der Waals surface area (Å²) in [4.78, 5) is 10.7. The van der Waals surface area contributed by atoms with Gasteiger partial charge < -0.3 is 9.64 Å². The molecular formula is C10H11N3OS. The van der Waals surface area contributed by atoms with Crippen molar-refractivity contribution in [3.8, 4) is 0 Å². The van der Waals surface area contributed by atoms with Gasteiger partial charge in [-0.05, 0) is 11.4 Å². The number of thiophene rings is 1. The van der Waals surface area contributed by atoms with Crippen molar-refractivity contribution in [1.82, 2.24) is 9.97 Å². The molecule has 0 unspecified atom stereocenters. The van der Waals surface area contributed by atoms with Gasteiger partial charge in [0.05, 0.1) is 24.8 Å². The fourth-order valence-electron chi connectivity index (χ4n) is 1.72. The second-order valence-electron chi connectivity index (χ2n) is 3.38. The van der Waals surface area contributed by atoms with Gasteiger partial charge in [0.25, 0.3) is 0 Å². The summed E-state index contributed by atoms with van der Waals surface area (Å²) in [5, 5.41) is 0.532. The summed E-state index contributed by atoms with van der Waals surface area (Å²) in [6.45, 7) is 3.20. The van der Waals surface area contributed by atoms with Crippen LogP contribution in [0.1, 0.15) is 1.37 Å². The first-order valence-corrected chi connectivity index (χ1v) is 5.70. The molecular weight excluding hydrogens is 210 g/mol. The minimum absolute atomic E-state index is 0.532. The Labute approximate surface area is 92.9 Å². The van der Waals surface area contributed by atoms with Gasteiger partial charge in [-0.3, -0.25) is 0 Å². The van der Waals surface area contributed by atoms with Crippen LogP contribution in [0.5, 0.6) is 0 Å². The SMILES string of the molecule is [2H]c1cc2ncnc(N3CCOCC3)c2s1. The van der Waals surface area contributed by atoms with Gasteiger partial charge in [-0.15, -0.1) is 11.3 Å². The van der Waals surface area contributed by atoms with Crippen molar-refractivity contribution in [3.63, 3.8) is 0 Å². The first-order chi connectivity index (χ1) is 7.84. The number of anilines is 1. The van der Waals surface area contributed by atoms with E-state index in [4.69, 9.17) is 6.11 Å². The van der Waals surface area contributed by atoms with E-state index in [1.54, 1.807) is 12.4 Å². The predicted molar refractivity (Wildman–Crippen MR) is 60.4 cm³/mol. The normalized spacial score (nSPS) is 18.1. The van der Waals surface area contributed by atoms with Crippen LogP contribution in [-0.4, -0.2) is 36.3 Å². The Morgan fingerprint density at radius 1 is 1.40 bits per heavy atom. The van der Waals surface area contributed by atoms with Gasteiger partial charge in [0.2, 0.25) is 0 Å². The number of fused-ring (bicyclic) bond motifs is 1.